The number of alkyl carbamates (subject to hydrolysis) is 1. The molecule has 25 heavy (non-hydrogen) atoms. The first-order valence-electron chi connectivity index (χ1n) is 8.06. The van der Waals surface area contributed by atoms with E-state index in [0.29, 0.717) is 5.70 Å². The molecule has 5 nitrogen and oxygen atoms in total. The average Bonchev–Trinajstić information content (AvgIpc) is 2.50. The molecule has 0 heterocycles. The summed E-state index contributed by atoms with van der Waals surface area (Å²) in [6, 6.07) is 13.9. The zero-order valence-corrected chi connectivity index (χ0v) is 15.0. The summed E-state index contributed by atoms with van der Waals surface area (Å²) in [6.45, 7) is 6.63. The Balaban J connectivity index is 2.23. The molecule has 0 aliphatic carbocycles. The van der Waals surface area contributed by atoms with Crippen molar-refractivity contribution in [2.24, 2.45) is 0 Å². The zero-order valence-electron chi connectivity index (χ0n) is 15.0. The van der Waals surface area contributed by atoms with Gasteiger partial charge in [-0.05, 0) is 49.2 Å². The largest absolute Gasteiger partial charge is 0.459 e. The van der Waals surface area contributed by atoms with Gasteiger partial charge < -0.3 is 9.47 Å². The molecule has 0 atom stereocenters. The lowest BCUT2D eigenvalue weighted by Crippen LogP contribution is -2.33. The van der Waals surface area contributed by atoms with Crippen molar-refractivity contribution in [1.82, 2.24) is 5.32 Å². The van der Waals surface area contributed by atoms with Gasteiger partial charge >= 0.3 is 12.1 Å². The van der Waals surface area contributed by atoms with Gasteiger partial charge in [0.2, 0.25) is 0 Å². The van der Waals surface area contributed by atoms with Crippen LogP contribution in [0.1, 0.15) is 33.3 Å². The molecule has 1 amide bonds. The molecule has 2 aromatic rings. The second-order valence-electron chi connectivity index (χ2n) is 6.68. The molecule has 0 aliphatic rings. The first-order valence-corrected chi connectivity index (χ1v) is 8.06. The van der Waals surface area contributed by atoms with Crippen molar-refractivity contribution in [2.75, 3.05) is 6.61 Å². The van der Waals surface area contributed by atoms with E-state index < -0.39 is 17.7 Å². The summed E-state index contributed by atoms with van der Waals surface area (Å²) in [7, 11) is 0. The van der Waals surface area contributed by atoms with Crippen LogP contribution in [0.2, 0.25) is 0 Å². The SMILES string of the molecule is CC(=O)OC/C(=C\c1ccc2ccccc2c1)NC(=O)OC(C)(C)C. The maximum atomic E-state index is 12.0. The molecule has 1 N–H and O–H groups in total. The zero-order chi connectivity index (χ0) is 18.4. The number of hydrogen-bond acceptors (Lipinski definition) is 4. The number of amides is 1. The van der Waals surface area contributed by atoms with Crippen molar-refractivity contribution < 1.29 is 19.1 Å². The van der Waals surface area contributed by atoms with E-state index in [2.05, 4.69) is 5.32 Å². The first kappa shape index (κ1) is 18.5. The number of esters is 1. The molecule has 0 fully saturated rings. The quantitative estimate of drug-likeness (QED) is 0.844. The maximum absolute atomic E-state index is 12.0. The highest BCUT2D eigenvalue weighted by Crippen LogP contribution is 2.17. The van der Waals surface area contributed by atoms with Crippen LogP contribution in [0.25, 0.3) is 16.8 Å². The lowest BCUT2D eigenvalue weighted by molar-refractivity contribution is -0.140. The topological polar surface area (TPSA) is 64.6 Å². The van der Waals surface area contributed by atoms with E-state index in [9.17, 15) is 9.59 Å². The number of carbonyl (C=O) groups excluding carboxylic acids is 2. The lowest BCUT2D eigenvalue weighted by Gasteiger charge is -2.20. The number of rotatable bonds is 4. The number of benzene rings is 2. The van der Waals surface area contributed by atoms with Crippen LogP contribution in [0.5, 0.6) is 0 Å². The Kier molecular flexibility index (Phi) is 5.80. The Morgan fingerprint density at radius 1 is 1.08 bits per heavy atom. The third kappa shape index (κ3) is 6.30. The summed E-state index contributed by atoms with van der Waals surface area (Å²) in [6.07, 6.45) is 1.17. The van der Waals surface area contributed by atoms with Crippen LogP contribution in [0.3, 0.4) is 0 Å². The Labute approximate surface area is 147 Å². The molecule has 0 saturated carbocycles. The summed E-state index contributed by atoms with van der Waals surface area (Å²) < 4.78 is 10.3. The highest BCUT2D eigenvalue weighted by molar-refractivity contribution is 5.85. The van der Waals surface area contributed by atoms with E-state index in [1.165, 1.54) is 6.92 Å². The van der Waals surface area contributed by atoms with Gasteiger partial charge in [0.15, 0.2) is 0 Å². The number of ether oxygens (including phenoxy) is 2. The molecule has 0 aliphatic heterocycles. The Hall–Kier alpha value is -2.82. The summed E-state index contributed by atoms with van der Waals surface area (Å²) in [5.74, 6) is -0.421. The summed E-state index contributed by atoms with van der Waals surface area (Å²) in [4.78, 5) is 23.1. The van der Waals surface area contributed by atoms with Crippen LogP contribution < -0.4 is 5.32 Å². The molecule has 0 spiro atoms. The monoisotopic (exact) mass is 341 g/mol. The van der Waals surface area contributed by atoms with Crippen LogP contribution >= 0.6 is 0 Å². The third-order valence-corrected chi connectivity index (χ3v) is 3.21. The van der Waals surface area contributed by atoms with Gasteiger partial charge in [0.1, 0.15) is 12.2 Å². The highest BCUT2D eigenvalue weighted by atomic mass is 16.6. The van der Waals surface area contributed by atoms with Gasteiger partial charge in [0.25, 0.3) is 0 Å². The highest BCUT2D eigenvalue weighted by Gasteiger charge is 2.17. The van der Waals surface area contributed by atoms with Crippen molar-refractivity contribution in [3.05, 3.63) is 53.7 Å². The molecule has 0 saturated heterocycles. The van der Waals surface area contributed by atoms with Crippen molar-refractivity contribution in [1.29, 1.82) is 0 Å². The van der Waals surface area contributed by atoms with Gasteiger partial charge in [0.05, 0.1) is 5.70 Å². The molecule has 0 unspecified atom stereocenters. The van der Waals surface area contributed by atoms with Crippen molar-refractivity contribution in [3.8, 4) is 0 Å². The van der Waals surface area contributed by atoms with Gasteiger partial charge in [-0.15, -0.1) is 0 Å². The molecule has 5 heteroatoms. The van der Waals surface area contributed by atoms with Gasteiger partial charge in [-0.25, -0.2) is 4.79 Å². The fourth-order valence-corrected chi connectivity index (χ4v) is 2.23. The van der Waals surface area contributed by atoms with Crippen molar-refractivity contribution >= 4 is 28.9 Å². The molecular weight excluding hydrogens is 318 g/mol. The predicted molar refractivity (Wildman–Crippen MR) is 97.9 cm³/mol. The minimum atomic E-state index is -0.612. The van der Waals surface area contributed by atoms with E-state index in [4.69, 9.17) is 9.47 Å². The first-order chi connectivity index (χ1) is 11.7. The number of fused-ring (bicyclic) bond motifs is 1. The predicted octanol–water partition coefficient (Wildman–Crippen LogP) is 4.27. The van der Waals surface area contributed by atoms with E-state index in [0.717, 1.165) is 16.3 Å². The maximum Gasteiger partial charge on any atom is 0.412 e. The molecule has 132 valence electrons. The summed E-state index contributed by atoms with van der Waals surface area (Å²) in [5, 5.41) is 4.86. The van der Waals surface area contributed by atoms with Crippen LogP contribution in [-0.2, 0) is 14.3 Å². The van der Waals surface area contributed by atoms with Gasteiger partial charge in [0, 0.05) is 6.92 Å². The normalized spacial score (nSPS) is 11.9. The molecular formula is C20H23NO4. The lowest BCUT2D eigenvalue weighted by atomic mass is 10.1. The van der Waals surface area contributed by atoms with Crippen molar-refractivity contribution in [2.45, 2.75) is 33.3 Å². The van der Waals surface area contributed by atoms with Gasteiger partial charge in [-0.2, -0.15) is 0 Å². The fourth-order valence-electron chi connectivity index (χ4n) is 2.23. The Bertz CT molecular complexity index is 803. The van der Waals surface area contributed by atoms with E-state index in [1.54, 1.807) is 26.8 Å². The Morgan fingerprint density at radius 3 is 2.40 bits per heavy atom. The van der Waals surface area contributed by atoms with Crippen LogP contribution in [-0.4, -0.2) is 24.3 Å². The van der Waals surface area contributed by atoms with Crippen molar-refractivity contribution in [3.63, 3.8) is 0 Å². The summed E-state index contributed by atoms with van der Waals surface area (Å²) >= 11 is 0. The minimum absolute atomic E-state index is 0.0403. The third-order valence-electron chi connectivity index (χ3n) is 3.21. The summed E-state index contributed by atoms with van der Waals surface area (Å²) in [5.41, 5.74) is 0.719. The van der Waals surface area contributed by atoms with E-state index >= 15 is 0 Å². The fraction of sp³-hybridized carbons (Fsp3) is 0.300. The average molecular weight is 341 g/mol. The van der Waals surface area contributed by atoms with E-state index in [1.807, 2.05) is 42.5 Å². The number of nitrogens with one attached hydrogen (secondary N) is 1. The van der Waals surface area contributed by atoms with Crippen LogP contribution in [0.15, 0.2) is 48.2 Å². The molecule has 2 rings (SSSR count). The smallest absolute Gasteiger partial charge is 0.412 e. The second-order valence-corrected chi connectivity index (χ2v) is 6.68. The van der Waals surface area contributed by atoms with E-state index in [-0.39, 0.29) is 6.61 Å². The van der Waals surface area contributed by atoms with Crippen LogP contribution in [0, 0.1) is 0 Å². The van der Waals surface area contributed by atoms with Gasteiger partial charge in [-0.3, -0.25) is 10.1 Å². The number of hydrogen-bond donors (Lipinski definition) is 1. The minimum Gasteiger partial charge on any atom is -0.459 e. The second kappa shape index (κ2) is 7.83. The molecule has 2 aromatic carbocycles. The molecule has 0 radical (unpaired) electrons. The molecule has 0 bridgehead atoms. The standard InChI is InChI=1S/C20H23NO4/c1-14(22)24-13-18(21-19(23)25-20(2,3)4)12-15-9-10-16-7-5-6-8-17(16)11-15/h5-12H,13H2,1-4H3,(H,21,23)/b18-12+. The van der Waals surface area contributed by atoms with Crippen LogP contribution in [0.4, 0.5) is 4.79 Å². The Morgan fingerprint density at radius 2 is 1.76 bits per heavy atom. The number of carbonyl (C=O) groups is 2. The van der Waals surface area contributed by atoms with Gasteiger partial charge in [-0.1, -0.05) is 36.4 Å². The molecule has 0 aromatic heterocycles.